The molecule has 0 aliphatic heterocycles. The number of hydrogen-bond acceptors (Lipinski definition) is 1. The highest BCUT2D eigenvalue weighted by molar-refractivity contribution is 6.29. The van der Waals surface area contributed by atoms with Gasteiger partial charge in [-0.2, -0.15) is 0 Å². The monoisotopic (exact) mass is 203 g/mol. The third-order valence-corrected chi connectivity index (χ3v) is 1.87. The molecule has 0 saturated heterocycles. The van der Waals surface area contributed by atoms with Crippen molar-refractivity contribution in [2.75, 3.05) is 6.54 Å². The zero-order valence-electron chi connectivity index (χ0n) is 8.24. The number of unbranched alkanes of at least 4 members (excludes halogenated alkanes) is 3. The van der Waals surface area contributed by atoms with Crippen LogP contribution in [0.3, 0.4) is 0 Å². The van der Waals surface area contributed by atoms with Crippen LogP contribution in [0.15, 0.2) is 11.6 Å². The highest BCUT2D eigenvalue weighted by Gasteiger charge is 1.99. The maximum Gasteiger partial charge on any atom is 0.220 e. The molecule has 0 atom stereocenters. The molecule has 0 aromatic rings. The molecule has 0 aliphatic carbocycles. The van der Waals surface area contributed by atoms with Crippen molar-refractivity contribution in [2.45, 2.75) is 39.0 Å². The molecule has 0 saturated carbocycles. The van der Waals surface area contributed by atoms with Crippen LogP contribution in [0, 0.1) is 0 Å². The Balaban J connectivity index is 3.25. The topological polar surface area (TPSA) is 29.1 Å². The number of halogens is 1. The molecule has 3 heteroatoms. The van der Waals surface area contributed by atoms with E-state index < -0.39 is 0 Å². The Morgan fingerprint density at radius 1 is 1.38 bits per heavy atom. The van der Waals surface area contributed by atoms with Gasteiger partial charge in [0.25, 0.3) is 0 Å². The maximum absolute atomic E-state index is 11.1. The molecule has 0 heterocycles. The highest BCUT2D eigenvalue weighted by Crippen LogP contribution is 2.02. The van der Waals surface area contributed by atoms with Gasteiger partial charge >= 0.3 is 0 Å². The zero-order chi connectivity index (χ0) is 10.1. The second-order valence-corrected chi connectivity index (χ2v) is 3.64. The van der Waals surface area contributed by atoms with Gasteiger partial charge < -0.3 is 5.32 Å². The Bertz CT molecular complexity index is 168. The van der Waals surface area contributed by atoms with Gasteiger partial charge in [0.1, 0.15) is 0 Å². The fourth-order valence-corrected chi connectivity index (χ4v) is 1.06. The minimum Gasteiger partial charge on any atom is -0.351 e. The van der Waals surface area contributed by atoms with E-state index in [4.69, 9.17) is 11.6 Å². The lowest BCUT2D eigenvalue weighted by molar-refractivity contribution is -0.121. The van der Waals surface area contributed by atoms with Crippen LogP contribution in [0.5, 0.6) is 0 Å². The third kappa shape index (κ3) is 9.41. The summed E-state index contributed by atoms with van der Waals surface area (Å²) in [5, 5.41) is 3.16. The van der Waals surface area contributed by atoms with E-state index in [1.165, 1.54) is 12.8 Å². The molecule has 0 fully saturated rings. The molecule has 0 unspecified atom stereocenters. The molecule has 0 radical (unpaired) electrons. The molecule has 0 aliphatic rings. The number of hydrogen-bond donors (Lipinski definition) is 1. The fraction of sp³-hybridized carbons (Fsp3) is 0.700. The minimum atomic E-state index is 0.0675. The van der Waals surface area contributed by atoms with E-state index >= 15 is 0 Å². The molecule has 2 nitrogen and oxygen atoms in total. The molecule has 1 N–H and O–H groups in total. The summed E-state index contributed by atoms with van der Waals surface area (Å²) in [5.74, 6) is 0.0675. The number of carbonyl (C=O) groups excluding carboxylic acids is 1. The molecule has 13 heavy (non-hydrogen) atoms. The van der Waals surface area contributed by atoms with E-state index in [2.05, 4.69) is 18.8 Å². The van der Waals surface area contributed by atoms with E-state index in [9.17, 15) is 4.79 Å². The first-order valence-electron chi connectivity index (χ1n) is 4.76. The lowest BCUT2D eigenvalue weighted by Crippen LogP contribution is -2.23. The van der Waals surface area contributed by atoms with Gasteiger partial charge in [-0.1, -0.05) is 44.4 Å². The average Bonchev–Trinajstić information content (AvgIpc) is 2.09. The van der Waals surface area contributed by atoms with Crippen molar-refractivity contribution in [3.8, 4) is 0 Å². The second-order valence-electron chi connectivity index (χ2n) is 3.10. The van der Waals surface area contributed by atoms with Crippen molar-refractivity contribution in [3.05, 3.63) is 11.6 Å². The third-order valence-electron chi connectivity index (χ3n) is 1.73. The van der Waals surface area contributed by atoms with Crippen LogP contribution in [0.25, 0.3) is 0 Å². The van der Waals surface area contributed by atoms with Crippen molar-refractivity contribution >= 4 is 17.5 Å². The van der Waals surface area contributed by atoms with Gasteiger partial charge in [0, 0.05) is 11.5 Å². The van der Waals surface area contributed by atoms with Crippen molar-refractivity contribution in [2.24, 2.45) is 0 Å². The first kappa shape index (κ1) is 12.5. The van der Waals surface area contributed by atoms with E-state index in [1.54, 1.807) is 0 Å². The first-order chi connectivity index (χ1) is 6.16. The van der Waals surface area contributed by atoms with Gasteiger partial charge in [0.15, 0.2) is 0 Å². The molecule has 0 rings (SSSR count). The van der Waals surface area contributed by atoms with Gasteiger partial charge in [-0.05, 0) is 6.42 Å². The van der Waals surface area contributed by atoms with Gasteiger partial charge in [-0.3, -0.25) is 4.79 Å². The van der Waals surface area contributed by atoms with Crippen molar-refractivity contribution in [1.82, 2.24) is 5.32 Å². The lowest BCUT2D eigenvalue weighted by atomic mass is 10.1. The standard InChI is InChI=1S/C10H18ClNO/c1-3-4-5-6-7-10(13)12-8-9(2)11/h2-8H2,1H3,(H,12,13). The SMILES string of the molecule is C=C(Cl)CNC(=O)CCCCCC. The summed E-state index contributed by atoms with van der Waals surface area (Å²) in [6.45, 7) is 6.02. The highest BCUT2D eigenvalue weighted by atomic mass is 35.5. The molecule has 0 aromatic heterocycles. The Hall–Kier alpha value is -0.500. The van der Waals surface area contributed by atoms with Crippen LogP contribution in [-0.4, -0.2) is 12.5 Å². The van der Waals surface area contributed by atoms with E-state index in [-0.39, 0.29) is 5.91 Å². The first-order valence-corrected chi connectivity index (χ1v) is 5.14. The normalized spacial score (nSPS) is 9.69. The van der Waals surface area contributed by atoms with Gasteiger partial charge in [-0.15, -0.1) is 0 Å². The summed E-state index contributed by atoms with van der Waals surface area (Å²) in [6, 6.07) is 0. The largest absolute Gasteiger partial charge is 0.351 e. The van der Waals surface area contributed by atoms with Crippen LogP contribution in [-0.2, 0) is 4.79 Å². The molecule has 0 aromatic carbocycles. The molecular weight excluding hydrogens is 186 g/mol. The molecule has 0 bridgehead atoms. The minimum absolute atomic E-state index is 0.0675. The van der Waals surface area contributed by atoms with E-state index in [1.807, 2.05) is 0 Å². The van der Waals surface area contributed by atoms with Crippen molar-refractivity contribution in [3.63, 3.8) is 0 Å². The van der Waals surface area contributed by atoms with Gasteiger partial charge in [0.2, 0.25) is 5.91 Å². The van der Waals surface area contributed by atoms with E-state index in [0.29, 0.717) is 18.0 Å². The van der Waals surface area contributed by atoms with Crippen molar-refractivity contribution in [1.29, 1.82) is 0 Å². The second kappa shape index (κ2) is 8.11. The summed E-state index contributed by atoms with van der Waals surface area (Å²) in [5.41, 5.74) is 0. The number of nitrogens with one attached hydrogen (secondary N) is 1. The summed E-state index contributed by atoms with van der Waals surface area (Å²) >= 11 is 5.50. The maximum atomic E-state index is 11.1. The van der Waals surface area contributed by atoms with Crippen LogP contribution in [0.1, 0.15) is 39.0 Å². The molecule has 0 spiro atoms. The number of rotatable bonds is 7. The number of amides is 1. The molecular formula is C10H18ClNO. The van der Waals surface area contributed by atoms with E-state index in [0.717, 1.165) is 12.8 Å². The Morgan fingerprint density at radius 3 is 2.62 bits per heavy atom. The Kier molecular flexibility index (Phi) is 7.80. The van der Waals surface area contributed by atoms with Gasteiger partial charge in [0.05, 0.1) is 6.54 Å². The summed E-state index contributed by atoms with van der Waals surface area (Å²) in [6.07, 6.45) is 5.10. The van der Waals surface area contributed by atoms with Crippen LogP contribution in [0.2, 0.25) is 0 Å². The molecule has 1 amide bonds. The summed E-state index contributed by atoms with van der Waals surface area (Å²) in [4.78, 5) is 11.1. The number of carbonyl (C=O) groups is 1. The van der Waals surface area contributed by atoms with Crippen molar-refractivity contribution < 1.29 is 4.79 Å². The fourth-order valence-electron chi connectivity index (χ4n) is 0.995. The van der Waals surface area contributed by atoms with Crippen LogP contribution < -0.4 is 5.32 Å². The van der Waals surface area contributed by atoms with Crippen LogP contribution in [0.4, 0.5) is 0 Å². The zero-order valence-corrected chi connectivity index (χ0v) is 8.99. The predicted molar refractivity (Wildman–Crippen MR) is 56.8 cm³/mol. The summed E-state index contributed by atoms with van der Waals surface area (Å²) < 4.78 is 0. The van der Waals surface area contributed by atoms with Gasteiger partial charge in [-0.25, -0.2) is 0 Å². The smallest absolute Gasteiger partial charge is 0.220 e. The quantitative estimate of drug-likeness (QED) is 0.634. The summed E-state index contributed by atoms with van der Waals surface area (Å²) in [7, 11) is 0. The van der Waals surface area contributed by atoms with Crippen LogP contribution >= 0.6 is 11.6 Å². The molecule has 76 valence electrons. The Morgan fingerprint density at radius 2 is 2.08 bits per heavy atom. The lowest BCUT2D eigenvalue weighted by Gasteiger charge is -2.02. The average molecular weight is 204 g/mol. The Labute approximate surface area is 85.3 Å². The predicted octanol–water partition coefficient (Wildman–Crippen LogP) is 2.83.